The highest BCUT2D eigenvalue weighted by Crippen LogP contribution is 2.29. The fourth-order valence-corrected chi connectivity index (χ4v) is 3.55. The van der Waals surface area contributed by atoms with Gasteiger partial charge in [-0.2, -0.15) is 0 Å². The topological polar surface area (TPSA) is 50.4 Å². The molecule has 0 aliphatic carbocycles. The van der Waals surface area contributed by atoms with Crippen molar-refractivity contribution in [2.45, 2.75) is 13.5 Å². The first-order chi connectivity index (χ1) is 11.2. The largest absolute Gasteiger partial charge is 0.497 e. The Morgan fingerprint density at radius 3 is 2.58 bits per heavy atom. The summed E-state index contributed by atoms with van der Waals surface area (Å²) in [6.45, 7) is 4.52. The third-order valence-electron chi connectivity index (χ3n) is 4.41. The summed E-state index contributed by atoms with van der Waals surface area (Å²) in [6, 6.07) is 12.2. The second-order valence-corrected chi connectivity index (χ2v) is 7.09. The Bertz CT molecular complexity index is 668. The first-order valence-corrected chi connectivity index (χ1v) is 8.70. The van der Waals surface area contributed by atoms with Gasteiger partial charge in [0.05, 0.1) is 13.7 Å². The van der Waals surface area contributed by atoms with Gasteiger partial charge in [-0.1, -0.05) is 6.92 Å². The van der Waals surface area contributed by atoms with Crippen molar-refractivity contribution in [3.05, 3.63) is 41.3 Å². The summed E-state index contributed by atoms with van der Waals surface area (Å²) in [6.07, 6.45) is 0. The van der Waals surface area contributed by atoms with E-state index in [0.29, 0.717) is 12.5 Å². The zero-order valence-corrected chi connectivity index (χ0v) is 15.5. The smallest absolute Gasteiger partial charge is 0.223 e. The summed E-state index contributed by atoms with van der Waals surface area (Å²) in [7, 11) is 1.67. The van der Waals surface area contributed by atoms with E-state index in [9.17, 15) is 4.79 Å². The van der Waals surface area contributed by atoms with E-state index in [1.54, 1.807) is 18.4 Å². The molecule has 3 rings (SSSR count). The molecule has 1 fully saturated rings. The van der Waals surface area contributed by atoms with Crippen LogP contribution >= 0.6 is 23.7 Å². The second kappa shape index (κ2) is 8.51. The number of hydrogen-bond acceptors (Lipinski definition) is 4. The number of carbonyl (C=O) groups is 1. The first kappa shape index (κ1) is 18.8. The van der Waals surface area contributed by atoms with Crippen LogP contribution in [-0.4, -0.2) is 26.1 Å². The van der Waals surface area contributed by atoms with Gasteiger partial charge in [-0.25, -0.2) is 0 Å². The third kappa shape index (κ3) is 4.29. The molecule has 1 aliphatic rings. The predicted molar refractivity (Wildman–Crippen MR) is 101 cm³/mol. The van der Waals surface area contributed by atoms with Crippen molar-refractivity contribution < 1.29 is 9.53 Å². The van der Waals surface area contributed by atoms with Crippen molar-refractivity contribution in [2.75, 3.05) is 20.2 Å². The molecule has 2 aromatic rings. The van der Waals surface area contributed by atoms with Crippen LogP contribution < -0.4 is 15.4 Å². The van der Waals surface area contributed by atoms with Gasteiger partial charge in [-0.3, -0.25) is 4.79 Å². The van der Waals surface area contributed by atoms with Gasteiger partial charge in [0, 0.05) is 15.7 Å². The van der Waals surface area contributed by atoms with Gasteiger partial charge >= 0.3 is 0 Å². The number of halogens is 1. The van der Waals surface area contributed by atoms with Crippen LogP contribution in [0.1, 0.15) is 11.8 Å². The highest BCUT2D eigenvalue weighted by molar-refractivity contribution is 7.15. The van der Waals surface area contributed by atoms with Gasteiger partial charge in [-0.15, -0.1) is 23.7 Å². The van der Waals surface area contributed by atoms with E-state index < -0.39 is 0 Å². The molecule has 24 heavy (non-hydrogen) atoms. The lowest BCUT2D eigenvalue weighted by molar-refractivity contribution is -0.126. The van der Waals surface area contributed by atoms with Gasteiger partial charge in [0.2, 0.25) is 5.91 Å². The van der Waals surface area contributed by atoms with Crippen LogP contribution in [0.3, 0.4) is 0 Å². The Kier molecular flexibility index (Phi) is 6.66. The van der Waals surface area contributed by atoms with Crippen LogP contribution in [0.25, 0.3) is 10.4 Å². The first-order valence-electron chi connectivity index (χ1n) is 7.89. The van der Waals surface area contributed by atoms with Crippen LogP contribution in [0, 0.1) is 11.8 Å². The molecule has 1 aromatic heterocycles. The Morgan fingerprint density at radius 1 is 1.29 bits per heavy atom. The molecular formula is C18H23ClN2O2S. The molecule has 2 N–H and O–H groups in total. The van der Waals surface area contributed by atoms with E-state index in [0.717, 1.165) is 18.8 Å². The number of nitrogens with one attached hydrogen (secondary N) is 2. The average molecular weight is 367 g/mol. The summed E-state index contributed by atoms with van der Waals surface area (Å²) in [5, 5.41) is 6.27. The molecule has 1 amide bonds. The van der Waals surface area contributed by atoms with Crippen LogP contribution in [0.4, 0.5) is 0 Å². The van der Waals surface area contributed by atoms with Gasteiger partial charge in [0.1, 0.15) is 5.75 Å². The summed E-state index contributed by atoms with van der Waals surface area (Å²) in [4.78, 5) is 14.5. The third-order valence-corrected chi connectivity index (χ3v) is 5.54. The summed E-state index contributed by atoms with van der Waals surface area (Å²) in [5.74, 6) is 1.57. The standard InChI is InChI=1S/C18H22N2O2S.ClH/c1-12(14-9-19-10-14)18(21)20-11-16-7-8-17(23-16)13-3-5-15(22-2)6-4-13;/h3-8,12,14,19H,9-11H2,1-2H3,(H,20,21);1H. The Balaban J connectivity index is 0.00000208. The van der Waals surface area contributed by atoms with Gasteiger partial charge in [-0.05, 0) is 61.0 Å². The second-order valence-electron chi connectivity index (χ2n) is 5.92. The number of ether oxygens (including phenoxy) is 1. The van der Waals surface area contributed by atoms with E-state index in [2.05, 4.69) is 34.9 Å². The van der Waals surface area contributed by atoms with Crippen molar-refractivity contribution in [3.63, 3.8) is 0 Å². The maximum atomic E-state index is 12.1. The molecule has 1 unspecified atom stereocenters. The number of benzene rings is 1. The Hall–Kier alpha value is -1.56. The van der Waals surface area contributed by atoms with Crippen molar-refractivity contribution in [2.24, 2.45) is 11.8 Å². The fraction of sp³-hybridized carbons (Fsp3) is 0.389. The molecule has 6 heteroatoms. The quantitative estimate of drug-likeness (QED) is 0.824. The van der Waals surface area contributed by atoms with Gasteiger partial charge in [0.25, 0.3) is 0 Å². The van der Waals surface area contributed by atoms with E-state index in [1.165, 1.54) is 15.3 Å². The molecule has 130 valence electrons. The van der Waals surface area contributed by atoms with Crippen molar-refractivity contribution in [3.8, 4) is 16.2 Å². The SMILES string of the molecule is COc1ccc(-c2ccc(CNC(=O)C(C)C3CNC3)s2)cc1.Cl. The van der Waals surface area contributed by atoms with Crippen LogP contribution in [0.5, 0.6) is 5.75 Å². The van der Waals surface area contributed by atoms with E-state index >= 15 is 0 Å². The molecular weight excluding hydrogens is 344 g/mol. The minimum absolute atomic E-state index is 0. The minimum atomic E-state index is 0. The van der Waals surface area contributed by atoms with E-state index in [-0.39, 0.29) is 24.2 Å². The summed E-state index contributed by atoms with van der Waals surface area (Å²) in [5.41, 5.74) is 1.17. The van der Waals surface area contributed by atoms with Crippen molar-refractivity contribution in [1.82, 2.24) is 10.6 Å². The molecule has 1 atom stereocenters. The van der Waals surface area contributed by atoms with E-state index in [1.807, 2.05) is 19.1 Å². The van der Waals surface area contributed by atoms with Crippen LogP contribution in [-0.2, 0) is 11.3 Å². The van der Waals surface area contributed by atoms with E-state index in [4.69, 9.17) is 4.74 Å². The lowest BCUT2D eigenvalue weighted by Gasteiger charge is -2.31. The van der Waals surface area contributed by atoms with Gasteiger partial charge < -0.3 is 15.4 Å². The number of carbonyl (C=O) groups excluding carboxylic acids is 1. The van der Waals surface area contributed by atoms with Crippen LogP contribution in [0.15, 0.2) is 36.4 Å². The number of rotatable bonds is 6. The summed E-state index contributed by atoms with van der Waals surface area (Å²) >= 11 is 1.71. The highest BCUT2D eigenvalue weighted by atomic mass is 35.5. The van der Waals surface area contributed by atoms with Crippen molar-refractivity contribution in [1.29, 1.82) is 0 Å². The van der Waals surface area contributed by atoms with Gasteiger partial charge in [0.15, 0.2) is 0 Å². The zero-order valence-electron chi connectivity index (χ0n) is 13.9. The normalized spacial score (nSPS) is 15.1. The Morgan fingerprint density at radius 2 is 2.00 bits per heavy atom. The zero-order chi connectivity index (χ0) is 16.2. The van der Waals surface area contributed by atoms with Crippen molar-refractivity contribution >= 4 is 29.7 Å². The molecule has 1 aliphatic heterocycles. The lowest BCUT2D eigenvalue weighted by atomic mass is 9.88. The fourth-order valence-electron chi connectivity index (χ4n) is 2.60. The maximum absolute atomic E-state index is 12.1. The minimum Gasteiger partial charge on any atom is -0.497 e. The molecule has 1 aromatic carbocycles. The predicted octanol–water partition coefficient (Wildman–Crippen LogP) is 3.32. The molecule has 4 nitrogen and oxygen atoms in total. The number of hydrogen-bond donors (Lipinski definition) is 2. The number of amides is 1. The molecule has 0 radical (unpaired) electrons. The Labute approximate surface area is 153 Å². The number of thiophene rings is 1. The lowest BCUT2D eigenvalue weighted by Crippen LogP contribution is -2.49. The molecule has 0 saturated carbocycles. The molecule has 1 saturated heterocycles. The van der Waals surface area contributed by atoms with Crippen LogP contribution in [0.2, 0.25) is 0 Å². The number of methoxy groups -OCH3 is 1. The summed E-state index contributed by atoms with van der Waals surface area (Å²) < 4.78 is 5.18. The molecule has 0 spiro atoms. The average Bonchev–Trinajstić information content (AvgIpc) is 3.00. The maximum Gasteiger partial charge on any atom is 0.223 e. The highest BCUT2D eigenvalue weighted by Gasteiger charge is 2.28. The molecule has 0 bridgehead atoms. The monoisotopic (exact) mass is 366 g/mol. The molecule has 2 heterocycles.